The van der Waals surface area contributed by atoms with Crippen LogP contribution in [0.15, 0.2) is 6.07 Å². The number of benzene rings is 1. The van der Waals surface area contributed by atoms with Crippen molar-refractivity contribution in [3.8, 4) is 5.75 Å². The van der Waals surface area contributed by atoms with Crippen LogP contribution in [0.2, 0.25) is 0 Å². The topological polar surface area (TPSA) is 29.5 Å². The predicted octanol–water partition coefficient (Wildman–Crippen LogP) is 5.77. The van der Waals surface area contributed by atoms with E-state index < -0.39 is 11.0 Å². The normalized spacial score (nSPS) is 23.0. The van der Waals surface area contributed by atoms with Crippen LogP contribution < -0.4 is 4.74 Å². The van der Waals surface area contributed by atoms with Crippen molar-refractivity contribution in [1.82, 2.24) is 0 Å². The zero-order chi connectivity index (χ0) is 19.0. The Kier molecular flexibility index (Phi) is 5.88. The number of aryl methyl sites for hydroxylation is 1. The van der Waals surface area contributed by atoms with Gasteiger partial charge < -0.3 is 9.84 Å². The summed E-state index contributed by atoms with van der Waals surface area (Å²) in [5, 5.41) is 12.1. The van der Waals surface area contributed by atoms with Crippen LogP contribution >= 0.6 is 0 Å². The van der Waals surface area contributed by atoms with E-state index in [0.717, 1.165) is 31.2 Å². The molecule has 0 spiro atoms. The van der Waals surface area contributed by atoms with Crippen molar-refractivity contribution >= 4 is 0 Å². The Bertz CT molecular complexity index is 621. The van der Waals surface area contributed by atoms with E-state index in [9.17, 15) is 9.50 Å². The number of hydrogen-bond acceptors (Lipinski definition) is 2. The number of aliphatic hydroxyl groups is 1. The molecular formula is C22H35FO2. The molecule has 2 unspecified atom stereocenters. The van der Waals surface area contributed by atoms with Gasteiger partial charge >= 0.3 is 0 Å². The van der Waals surface area contributed by atoms with E-state index in [1.807, 2.05) is 6.92 Å². The Hall–Kier alpha value is -1.09. The molecule has 0 amide bonds. The Labute approximate surface area is 152 Å². The lowest BCUT2D eigenvalue weighted by Crippen LogP contribution is -2.45. The average molecular weight is 351 g/mol. The molecule has 0 radical (unpaired) electrons. The van der Waals surface area contributed by atoms with Gasteiger partial charge in [-0.3, -0.25) is 0 Å². The summed E-state index contributed by atoms with van der Waals surface area (Å²) in [6.45, 7) is 12.6. The summed E-state index contributed by atoms with van der Waals surface area (Å²) in [6, 6.07) is 1.54. The first-order valence-electron chi connectivity index (χ1n) is 9.68. The summed E-state index contributed by atoms with van der Waals surface area (Å²) >= 11 is 0. The minimum Gasteiger partial charge on any atom is -0.496 e. The summed E-state index contributed by atoms with van der Waals surface area (Å²) < 4.78 is 20.4. The summed E-state index contributed by atoms with van der Waals surface area (Å²) in [5.41, 5.74) is 0.619. The van der Waals surface area contributed by atoms with Gasteiger partial charge in [0.2, 0.25) is 0 Å². The number of rotatable bonds is 7. The van der Waals surface area contributed by atoms with E-state index in [1.54, 1.807) is 13.2 Å². The first-order valence-corrected chi connectivity index (χ1v) is 9.68. The lowest BCUT2D eigenvalue weighted by molar-refractivity contribution is -0.115. The van der Waals surface area contributed by atoms with Gasteiger partial charge in [-0.1, -0.05) is 47.5 Å². The molecular weight excluding hydrogens is 315 g/mol. The van der Waals surface area contributed by atoms with Crippen LogP contribution in [0.3, 0.4) is 0 Å². The molecule has 0 fully saturated rings. The molecule has 0 saturated heterocycles. The van der Waals surface area contributed by atoms with Crippen molar-refractivity contribution in [2.45, 2.75) is 79.2 Å². The Morgan fingerprint density at radius 2 is 1.88 bits per heavy atom. The van der Waals surface area contributed by atoms with E-state index in [2.05, 4.69) is 34.6 Å². The average Bonchev–Trinajstić information content (AvgIpc) is 2.73. The number of hydrogen-bond donors (Lipinski definition) is 1. The molecule has 0 aliphatic heterocycles. The maximum Gasteiger partial charge on any atom is 0.128 e. The summed E-state index contributed by atoms with van der Waals surface area (Å²) in [5.74, 6) is 1.14. The largest absolute Gasteiger partial charge is 0.496 e. The Morgan fingerprint density at radius 3 is 2.40 bits per heavy atom. The van der Waals surface area contributed by atoms with E-state index in [-0.39, 0.29) is 11.7 Å². The maximum absolute atomic E-state index is 14.8. The van der Waals surface area contributed by atoms with Gasteiger partial charge in [0.1, 0.15) is 17.2 Å². The van der Waals surface area contributed by atoms with E-state index in [1.165, 1.54) is 0 Å². The summed E-state index contributed by atoms with van der Waals surface area (Å²) in [7, 11) is 1.62. The molecule has 1 aromatic rings. The number of fused-ring (bicyclic) bond motifs is 1. The van der Waals surface area contributed by atoms with Crippen molar-refractivity contribution in [3.63, 3.8) is 0 Å². The molecule has 1 aromatic carbocycles. The second-order valence-electron chi connectivity index (χ2n) is 8.85. The molecule has 3 heteroatoms. The molecule has 25 heavy (non-hydrogen) atoms. The highest BCUT2D eigenvalue weighted by molar-refractivity contribution is 5.54. The molecule has 2 nitrogen and oxygen atoms in total. The highest BCUT2D eigenvalue weighted by Crippen LogP contribution is 2.59. The second-order valence-corrected chi connectivity index (χ2v) is 8.85. The fourth-order valence-electron chi connectivity index (χ4n) is 4.75. The zero-order valence-electron chi connectivity index (χ0n) is 17.0. The Morgan fingerprint density at radius 1 is 1.24 bits per heavy atom. The van der Waals surface area contributed by atoms with Crippen molar-refractivity contribution in [1.29, 1.82) is 0 Å². The third-order valence-electron chi connectivity index (χ3n) is 6.07. The van der Waals surface area contributed by atoms with Gasteiger partial charge in [-0.15, -0.1) is 0 Å². The van der Waals surface area contributed by atoms with Crippen LogP contribution in [0.25, 0.3) is 0 Å². The van der Waals surface area contributed by atoms with Gasteiger partial charge in [-0.25, -0.2) is 4.39 Å². The first kappa shape index (κ1) is 20.2. The number of halogens is 1. The highest BCUT2D eigenvalue weighted by Gasteiger charge is 2.57. The minimum atomic E-state index is -1.06. The molecule has 0 saturated carbocycles. The van der Waals surface area contributed by atoms with Crippen LogP contribution in [0.5, 0.6) is 5.75 Å². The molecule has 0 aromatic heterocycles. The van der Waals surface area contributed by atoms with Crippen LogP contribution in [-0.2, 0) is 12.0 Å². The highest BCUT2D eigenvalue weighted by atomic mass is 19.1. The van der Waals surface area contributed by atoms with Crippen molar-refractivity contribution in [2.24, 2.45) is 17.3 Å². The van der Waals surface area contributed by atoms with Gasteiger partial charge in [-0.05, 0) is 55.2 Å². The third-order valence-corrected chi connectivity index (χ3v) is 6.07. The first-order chi connectivity index (χ1) is 11.6. The quantitative estimate of drug-likeness (QED) is 0.677. The number of ether oxygens (including phenoxy) is 1. The van der Waals surface area contributed by atoms with Crippen LogP contribution in [-0.4, -0.2) is 12.2 Å². The fourth-order valence-corrected chi connectivity index (χ4v) is 4.75. The monoisotopic (exact) mass is 350 g/mol. The van der Waals surface area contributed by atoms with Gasteiger partial charge in [0, 0.05) is 11.0 Å². The molecule has 1 aliphatic carbocycles. The maximum atomic E-state index is 14.8. The molecule has 142 valence electrons. The smallest absolute Gasteiger partial charge is 0.128 e. The van der Waals surface area contributed by atoms with Crippen LogP contribution in [0, 0.1) is 30.0 Å². The van der Waals surface area contributed by atoms with Crippen LogP contribution in [0.1, 0.15) is 77.0 Å². The lowest BCUT2D eigenvalue weighted by Gasteiger charge is -2.44. The van der Waals surface area contributed by atoms with E-state index >= 15 is 0 Å². The predicted molar refractivity (Wildman–Crippen MR) is 102 cm³/mol. The fraction of sp³-hybridized carbons (Fsp3) is 0.727. The van der Waals surface area contributed by atoms with E-state index in [4.69, 9.17) is 4.74 Å². The second kappa shape index (κ2) is 7.26. The van der Waals surface area contributed by atoms with Gasteiger partial charge in [0.25, 0.3) is 0 Å². The standard InChI is InChI=1S/C22H35FO2/c1-8-9-16(11-10-14(2)3)22(24)19-17(13-21(22,5)6)18(23)12-15(4)20(19)25-7/h12,14,16,24H,8-11,13H2,1-7H3. The molecule has 0 heterocycles. The summed E-state index contributed by atoms with van der Waals surface area (Å²) in [6.07, 6.45) is 4.50. The zero-order valence-corrected chi connectivity index (χ0v) is 17.0. The van der Waals surface area contributed by atoms with Crippen molar-refractivity contribution in [3.05, 3.63) is 28.6 Å². The molecule has 2 rings (SSSR count). The third kappa shape index (κ3) is 3.32. The van der Waals surface area contributed by atoms with Gasteiger partial charge in [-0.2, -0.15) is 0 Å². The Balaban J connectivity index is 2.66. The SMILES string of the molecule is CCCC(CCC(C)C)C1(O)c2c(c(F)cc(C)c2OC)CC1(C)C. The van der Waals surface area contributed by atoms with Crippen molar-refractivity contribution in [2.75, 3.05) is 7.11 Å². The number of methoxy groups -OCH3 is 1. The summed E-state index contributed by atoms with van der Waals surface area (Å²) in [4.78, 5) is 0. The van der Waals surface area contributed by atoms with E-state index in [0.29, 0.717) is 29.2 Å². The van der Waals surface area contributed by atoms with Gasteiger partial charge in [0.15, 0.2) is 0 Å². The minimum absolute atomic E-state index is 0.103. The lowest BCUT2D eigenvalue weighted by atomic mass is 9.65. The van der Waals surface area contributed by atoms with Crippen molar-refractivity contribution < 1.29 is 14.2 Å². The van der Waals surface area contributed by atoms with Crippen LogP contribution in [0.4, 0.5) is 4.39 Å². The molecule has 1 aliphatic rings. The van der Waals surface area contributed by atoms with Gasteiger partial charge in [0.05, 0.1) is 7.11 Å². The molecule has 2 atom stereocenters. The molecule has 1 N–H and O–H groups in total. The molecule has 0 bridgehead atoms.